The summed E-state index contributed by atoms with van der Waals surface area (Å²) in [7, 11) is 0. The third-order valence-electron chi connectivity index (χ3n) is 3.19. The minimum Gasteiger partial charge on any atom is -0.398 e. The van der Waals surface area contributed by atoms with Gasteiger partial charge in [0, 0.05) is 30.2 Å². The Balaban J connectivity index is 2.86. The number of nitrogen functional groups attached to an aromatic ring is 1. The molecular formula is C15H25N3O. The molecule has 106 valence electrons. The molecule has 0 atom stereocenters. The fraction of sp³-hybridized carbons (Fsp3) is 0.600. The van der Waals surface area contributed by atoms with Crippen LogP contribution in [0.3, 0.4) is 0 Å². The molecule has 19 heavy (non-hydrogen) atoms. The highest BCUT2D eigenvalue weighted by Crippen LogP contribution is 2.16. The van der Waals surface area contributed by atoms with E-state index < -0.39 is 0 Å². The Bertz CT molecular complexity index is 429. The van der Waals surface area contributed by atoms with Gasteiger partial charge >= 0.3 is 0 Å². The van der Waals surface area contributed by atoms with Crippen molar-refractivity contribution < 1.29 is 4.79 Å². The van der Waals surface area contributed by atoms with Gasteiger partial charge in [0.05, 0.1) is 5.56 Å². The molecule has 0 aromatic carbocycles. The van der Waals surface area contributed by atoms with Crippen molar-refractivity contribution in [3.8, 4) is 0 Å². The first-order valence-corrected chi connectivity index (χ1v) is 7.00. The number of hydrogen-bond donors (Lipinski definition) is 1. The maximum atomic E-state index is 12.5. The third kappa shape index (κ3) is 4.23. The molecule has 1 heterocycles. The first kappa shape index (κ1) is 15.5. The van der Waals surface area contributed by atoms with Gasteiger partial charge in [0.1, 0.15) is 0 Å². The summed E-state index contributed by atoms with van der Waals surface area (Å²) < 4.78 is 0. The van der Waals surface area contributed by atoms with Gasteiger partial charge in [-0.1, -0.05) is 19.8 Å². The molecule has 0 aliphatic rings. The molecule has 0 aliphatic carbocycles. The van der Waals surface area contributed by atoms with Crippen molar-refractivity contribution in [1.29, 1.82) is 0 Å². The number of amides is 1. The number of rotatable bonds is 6. The van der Waals surface area contributed by atoms with Crippen molar-refractivity contribution in [2.24, 2.45) is 0 Å². The first-order chi connectivity index (χ1) is 8.97. The molecule has 0 bridgehead atoms. The SMILES string of the molecule is CCCCCN(C(=O)c1cnc(C)cc1N)C(C)C. The number of carbonyl (C=O) groups is 1. The Morgan fingerprint density at radius 2 is 2.11 bits per heavy atom. The van der Waals surface area contributed by atoms with Crippen LogP contribution in [0.5, 0.6) is 0 Å². The van der Waals surface area contributed by atoms with Crippen LogP contribution in [0.2, 0.25) is 0 Å². The second-order valence-electron chi connectivity index (χ2n) is 5.21. The number of aryl methyl sites for hydroxylation is 1. The van der Waals surface area contributed by atoms with Crippen molar-refractivity contribution in [1.82, 2.24) is 9.88 Å². The zero-order valence-corrected chi connectivity index (χ0v) is 12.4. The lowest BCUT2D eigenvalue weighted by Gasteiger charge is -2.27. The van der Waals surface area contributed by atoms with Gasteiger partial charge < -0.3 is 10.6 Å². The Morgan fingerprint density at radius 1 is 1.42 bits per heavy atom. The summed E-state index contributed by atoms with van der Waals surface area (Å²) in [4.78, 5) is 18.6. The molecule has 2 N–H and O–H groups in total. The van der Waals surface area contributed by atoms with Crippen LogP contribution in [-0.2, 0) is 0 Å². The molecule has 0 saturated carbocycles. The largest absolute Gasteiger partial charge is 0.398 e. The van der Waals surface area contributed by atoms with E-state index in [1.807, 2.05) is 25.7 Å². The molecule has 0 spiro atoms. The van der Waals surface area contributed by atoms with Gasteiger partial charge in [-0.25, -0.2) is 0 Å². The van der Waals surface area contributed by atoms with Crippen LogP contribution in [0.1, 0.15) is 56.1 Å². The average Bonchev–Trinajstić information content (AvgIpc) is 2.33. The summed E-state index contributed by atoms with van der Waals surface area (Å²) >= 11 is 0. The van der Waals surface area contributed by atoms with E-state index in [9.17, 15) is 4.79 Å². The van der Waals surface area contributed by atoms with Crippen LogP contribution in [0.25, 0.3) is 0 Å². The van der Waals surface area contributed by atoms with Crippen molar-refractivity contribution in [3.63, 3.8) is 0 Å². The van der Waals surface area contributed by atoms with Crippen LogP contribution in [0.4, 0.5) is 5.69 Å². The Morgan fingerprint density at radius 3 is 2.63 bits per heavy atom. The minimum absolute atomic E-state index is 0.0175. The van der Waals surface area contributed by atoms with Crippen molar-refractivity contribution in [2.75, 3.05) is 12.3 Å². The normalized spacial score (nSPS) is 10.8. The highest BCUT2D eigenvalue weighted by molar-refractivity contribution is 5.99. The predicted octanol–water partition coefficient (Wildman–Crippen LogP) is 3.01. The fourth-order valence-corrected chi connectivity index (χ4v) is 2.04. The second kappa shape index (κ2) is 7.12. The number of pyridine rings is 1. The molecule has 4 nitrogen and oxygen atoms in total. The summed E-state index contributed by atoms with van der Waals surface area (Å²) in [5, 5.41) is 0. The van der Waals surface area contributed by atoms with Crippen LogP contribution >= 0.6 is 0 Å². The van der Waals surface area contributed by atoms with Crippen molar-refractivity contribution in [3.05, 3.63) is 23.5 Å². The summed E-state index contributed by atoms with van der Waals surface area (Å²) in [6.45, 7) is 8.86. The minimum atomic E-state index is -0.0175. The topological polar surface area (TPSA) is 59.2 Å². The highest BCUT2D eigenvalue weighted by atomic mass is 16.2. The second-order valence-corrected chi connectivity index (χ2v) is 5.21. The average molecular weight is 263 g/mol. The molecule has 0 fully saturated rings. The molecule has 0 saturated heterocycles. The van der Waals surface area contributed by atoms with Gasteiger partial charge in [0.2, 0.25) is 0 Å². The van der Waals surface area contributed by atoms with E-state index in [1.165, 1.54) is 0 Å². The lowest BCUT2D eigenvalue weighted by molar-refractivity contribution is 0.0703. The number of nitrogens with two attached hydrogens (primary N) is 1. The number of unbranched alkanes of at least 4 members (excludes halogenated alkanes) is 2. The van der Waals surface area contributed by atoms with Gasteiger partial charge in [-0.05, 0) is 33.3 Å². The van der Waals surface area contributed by atoms with E-state index in [2.05, 4.69) is 11.9 Å². The van der Waals surface area contributed by atoms with E-state index >= 15 is 0 Å². The van der Waals surface area contributed by atoms with Crippen LogP contribution in [-0.4, -0.2) is 28.4 Å². The monoisotopic (exact) mass is 263 g/mol. The molecule has 0 aliphatic heterocycles. The standard InChI is InChI=1S/C15H25N3O/c1-5-6-7-8-18(11(2)3)15(19)13-10-17-12(4)9-14(13)16/h9-11H,5-8H2,1-4H3,(H2,16,17). The Labute approximate surface area is 116 Å². The highest BCUT2D eigenvalue weighted by Gasteiger charge is 2.20. The number of carbonyl (C=O) groups excluding carboxylic acids is 1. The molecule has 1 aromatic rings. The van der Waals surface area contributed by atoms with E-state index in [-0.39, 0.29) is 11.9 Å². The molecule has 0 unspecified atom stereocenters. The Kier molecular flexibility index (Phi) is 5.80. The molecule has 1 amide bonds. The third-order valence-corrected chi connectivity index (χ3v) is 3.19. The molecule has 1 rings (SSSR count). The maximum Gasteiger partial charge on any atom is 0.257 e. The van der Waals surface area contributed by atoms with E-state index in [0.717, 1.165) is 31.5 Å². The first-order valence-electron chi connectivity index (χ1n) is 7.00. The van der Waals surface area contributed by atoms with Crippen LogP contribution in [0, 0.1) is 6.92 Å². The summed E-state index contributed by atoms with van der Waals surface area (Å²) in [5.41, 5.74) is 7.78. The molecule has 0 radical (unpaired) electrons. The smallest absolute Gasteiger partial charge is 0.257 e. The number of nitrogens with zero attached hydrogens (tertiary/aromatic N) is 2. The van der Waals surface area contributed by atoms with Gasteiger partial charge in [-0.2, -0.15) is 0 Å². The zero-order chi connectivity index (χ0) is 14.4. The predicted molar refractivity (Wildman–Crippen MR) is 79.1 cm³/mol. The van der Waals surface area contributed by atoms with E-state index in [4.69, 9.17) is 5.73 Å². The van der Waals surface area contributed by atoms with Gasteiger partial charge in [0.25, 0.3) is 5.91 Å². The van der Waals surface area contributed by atoms with Gasteiger partial charge in [-0.3, -0.25) is 9.78 Å². The molecule has 1 aromatic heterocycles. The fourth-order valence-electron chi connectivity index (χ4n) is 2.04. The molecular weight excluding hydrogens is 238 g/mol. The van der Waals surface area contributed by atoms with Gasteiger partial charge in [-0.15, -0.1) is 0 Å². The van der Waals surface area contributed by atoms with Crippen LogP contribution in [0.15, 0.2) is 12.3 Å². The van der Waals surface area contributed by atoms with Gasteiger partial charge in [0.15, 0.2) is 0 Å². The summed E-state index contributed by atoms with van der Waals surface area (Å²) in [5.74, 6) is -0.0175. The van der Waals surface area contributed by atoms with E-state index in [1.54, 1.807) is 12.3 Å². The number of aromatic nitrogens is 1. The summed E-state index contributed by atoms with van der Waals surface area (Å²) in [6, 6.07) is 1.92. The van der Waals surface area contributed by atoms with Crippen molar-refractivity contribution in [2.45, 2.75) is 53.0 Å². The zero-order valence-electron chi connectivity index (χ0n) is 12.4. The Hall–Kier alpha value is -1.58. The maximum absolute atomic E-state index is 12.5. The number of hydrogen-bond acceptors (Lipinski definition) is 3. The lowest BCUT2D eigenvalue weighted by atomic mass is 10.1. The quantitative estimate of drug-likeness (QED) is 0.803. The molecule has 4 heteroatoms. The lowest BCUT2D eigenvalue weighted by Crippen LogP contribution is -2.38. The number of anilines is 1. The van der Waals surface area contributed by atoms with Crippen molar-refractivity contribution >= 4 is 11.6 Å². The van der Waals surface area contributed by atoms with E-state index in [0.29, 0.717) is 11.3 Å². The van der Waals surface area contributed by atoms with Crippen LogP contribution < -0.4 is 5.73 Å². The summed E-state index contributed by atoms with van der Waals surface area (Å²) in [6.07, 6.45) is 4.90.